The van der Waals surface area contributed by atoms with Crippen LogP contribution in [0.1, 0.15) is 72.3 Å². The maximum atomic E-state index is 13.8. The van der Waals surface area contributed by atoms with Crippen molar-refractivity contribution in [3.63, 3.8) is 0 Å². The molecule has 0 saturated heterocycles. The standard InChI is InChI=1S/C38H47N5O5S/c1-37(2,3)21-23-48-29-17-12-16-28(24-29)34-35-30-18-10-9-15-27(30)14-8-6-7-11-22-43(26-38(4,5)36(44)45)32-19-13-20-33(41-32)49(46,47)42-31(40-35)25-39-34/h9-10,12-13,15-20,24-25H,6-8,11,14,21-23,26H2,1-5H3,(H,40,42)(H,44,45). The van der Waals surface area contributed by atoms with Gasteiger partial charge in [0.2, 0.25) is 0 Å². The van der Waals surface area contributed by atoms with Crippen molar-refractivity contribution in [1.82, 2.24) is 15.0 Å². The predicted molar refractivity (Wildman–Crippen MR) is 193 cm³/mol. The fourth-order valence-corrected chi connectivity index (χ4v) is 6.68. The first-order chi connectivity index (χ1) is 23.2. The first-order valence-electron chi connectivity index (χ1n) is 16.9. The van der Waals surface area contributed by atoms with E-state index in [1.165, 1.54) is 12.3 Å². The second-order valence-electron chi connectivity index (χ2n) is 14.5. The molecule has 2 aromatic heterocycles. The number of carbonyl (C=O) groups is 1. The summed E-state index contributed by atoms with van der Waals surface area (Å²) in [5, 5.41) is 9.64. The van der Waals surface area contributed by atoms with Gasteiger partial charge in [-0.05, 0) is 74.8 Å². The summed E-state index contributed by atoms with van der Waals surface area (Å²) in [6.07, 6.45) is 6.78. The van der Waals surface area contributed by atoms with Gasteiger partial charge in [0.1, 0.15) is 11.6 Å². The van der Waals surface area contributed by atoms with Crippen molar-refractivity contribution < 1.29 is 23.1 Å². The lowest BCUT2D eigenvalue weighted by Crippen LogP contribution is -2.40. The molecule has 0 radical (unpaired) electrons. The summed E-state index contributed by atoms with van der Waals surface area (Å²) < 4.78 is 36.2. The third-order valence-corrected chi connectivity index (χ3v) is 9.87. The number of hydrogen-bond donors (Lipinski definition) is 2. The number of carboxylic acids is 1. The number of aryl methyl sites for hydroxylation is 1. The number of nitrogens with zero attached hydrogens (tertiary/aromatic N) is 4. The molecule has 2 aromatic carbocycles. The fourth-order valence-electron chi connectivity index (χ4n) is 5.73. The van der Waals surface area contributed by atoms with Crippen LogP contribution in [0, 0.1) is 10.8 Å². The Kier molecular flexibility index (Phi) is 10.9. The van der Waals surface area contributed by atoms with E-state index in [-0.39, 0.29) is 22.8 Å². The summed E-state index contributed by atoms with van der Waals surface area (Å²) >= 11 is 0. The molecule has 0 fully saturated rings. The Bertz CT molecular complexity index is 1890. The van der Waals surface area contributed by atoms with E-state index < -0.39 is 21.4 Å². The Labute approximate surface area is 290 Å². The molecule has 1 aliphatic heterocycles. The average Bonchev–Trinajstić information content (AvgIpc) is 3.05. The molecule has 0 saturated carbocycles. The molecule has 10 nitrogen and oxygen atoms in total. The molecule has 2 N–H and O–H groups in total. The summed E-state index contributed by atoms with van der Waals surface area (Å²) in [5.74, 6) is 0.259. The Morgan fingerprint density at radius 1 is 0.918 bits per heavy atom. The third-order valence-electron chi connectivity index (χ3n) is 8.61. The van der Waals surface area contributed by atoms with Crippen LogP contribution in [-0.4, -0.2) is 54.1 Å². The van der Waals surface area contributed by atoms with Crippen LogP contribution in [0.5, 0.6) is 5.75 Å². The number of nitrogens with one attached hydrogen (secondary N) is 1. The van der Waals surface area contributed by atoms with Gasteiger partial charge < -0.3 is 14.7 Å². The van der Waals surface area contributed by atoms with Gasteiger partial charge in [0.05, 0.1) is 29.6 Å². The maximum absolute atomic E-state index is 13.8. The smallest absolute Gasteiger partial charge is 0.310 e. The molecule has 11 heteroatoms. The normalized spacial score (nSPS) is 15.4. The van der Waals surface area contributed by atoms with E-state index in [0.29, 0.717) is 30.4 Å². The Hall–Kier alpha value is -4.51. The molecule has 0 atom stereocenters. The highest BCUT2D eigenvalue weighted by molar-refractivity contribution is 7.92. The van der Waals surface area contributed by atoms with Gasteiger partial charge in [-0.1, -0.05) is 76.1 Å². The topological polar surface area (TPSA) is 135 Å². The predicted octanol–water partition coefficient (Wildman–Crippen LogP) is 7.86. The number of anilines is 2. The Balaban J connectivity index is 1.56. The lowest BCUT2D eigenvalue weighted by Gasteiger charge is -2.31. The molecule has 49 heavy (non-hydrogen) atoms. The van der Waals surface area contributed by atoms with E-state index in [9.17, 15) is 18.3 Å². The van der Waals surface area contributed by atoms with E-state index in [0.717, 1.165) is 61.0 Å². The quantitative estimate of drug-likeness (QED) is 0.199. The van der Waals surface area contributed by atoms with Crippen LogP contribution in [0.15, 0.2) is 78.0 Å². The average molecular weight is 686 g/mol. The molecule has 4 aromatic rings. The minimum absolute atomic E-state index is 0.0616. The highest BCUT2D eigenvalue weighted by atomic mass is 32.2. The molecular formula is C38H47N5O5S. The Morgan fingerprint density at radius 3 is 2.45 bits per heavy atom. The molecular weight excluding hydrogens is 639 g/mol. The summed E-state index contributed by atoms with van der Waals surface area (Å²) in [6.45, 7) is 11.2. The minimum atomic E-state index is -4.19. The van der Waals surface area contributed by atoms with Crippen LogP contribution in [0.25, 0.3) is 22.5 Å². The lowest BCUT2D eigenvalue weighted by atomic mass is 9.93. The first-order valence-corrected chi connectivity index (χ1v) is 18.4. The van der Waals surface area contributed by atoms with Gasteiger partial charge >= 0.3 is 5.97 Å². The van der Waals surface area contributed by atoms with E-state index in [2.05, 4.69) is 36.5 Å². The second-order valence-corrected chi connectivity index (χ2v) is 16.1. The zero-order chi connectivity index (χ0) is 35.2. The van der Waals surface area contributed by atoms with Crippen molar-refractivity contribution >= 4 is 27.6 Å². The van der Waals surface area contributed by atoms with Gasteiger partial charge in [-0.2, -0.15) is 8.42 Å². The van der Waals surface area contributed by atoms with E-state index in [1.54, 1.807) is 26.0 Å². The number of sulfonamides is 1. The van der Waals surface area contributed by atoms with Gasteiger partial charge in [-0.3, -0.25) is 14.5 Å². The number of ether oxygens (including phenoxy) is 1. The SMILES string of the molecule is CC(C)(C)CCOc1cccc(-c2ncc3nc2-c2ccccc2CCCCCCN(CC(C)(C)C(=O)O)c2cccc(n2)S(=O)(=O)N3)c1. The number of fused-ring (bicyclic) bond motifs is 6. The molecule has 4 bridgehead atoms. The molecule has 0 unspecified atom stereocenters. The fraction of sp³-hybridized carbons (Fsp3) is 0.421. The van der Waals surface area contributed by atoms with Crippen LogP contribution in [0.3, 0.4) is 0 Å². The zero-order valence-electron chi connectivity index (χ0n) is 29.1. The van der Waals surface area contributed by atoms with Gasteiger partial charge in [0.25, 0.3) is 10.0 Å². The van der Waals surface area contributed by atoms with Crippen LogP contribution in [0.2, 0.25) is 0 Å². The number of pyridine rings is 1. The van der Waals surface area contributed by atoms with Crippen molar-refractivity contribution in [1.29, 1.82) is 0 Å². The van der Waals surface area contributed by atoms with E-state index in [4.69, 9.17) is 14.7 Å². The third kappa shape index (κ3) is 9.35. The maximum Gasteiger partial charge on any atom is 0.310 e. The number of aromatic nitrogens is 3. The molecule has 260 valence electrons. The number of hydrogen-bond acceptors (Lipinski definition) is 8. The number of aliphatic carboxylic acids is 1. The zero-order valence-corrected chi connectivity index (χ0v) is 29.9. The first kappa shape index (κ1) is 35.8. The molecule has 3 heterocycles. The molecule has 0 aliphatic carbocycles. The van der Waals surface area contributed by atoms with E-state index >= 15 is 0 Å². The van der Waals surface area contributed by atoms with Crippen molar-refractivity contribution in [3.8, 4) is 28.3 Å². The van der Waals surface area contributed by atoms with Crippen LogP contribution >= 0.6 is 0 Å². The van der Waals surface area contributed by atoms with Crippen molar-refractivity contribution in [3.05, 3.63) is 78.5 Å². The van der Waals surface area contributed by atoms with Crippen LogP contribution in [-0.2, 0) is 21.2 Å². The molecule has 1 aliphatic rings. The summed E-state index contributed by atoms with van der Waals surface area (Å²) in [6, 6.07) is 20.6. The van der Waals surface area contributed by atoms with Gasteiger partial charge in [0, 0.05) is 24.2 Å². The summed E-state index contributed by atoms with van der Waals surface area (Å²) in [5.41, 5.74) is 3.05. The van der Waals surface area contributed by atoms with Crippen molar-refractivity contribution in [2.75, 3.05) is 29.3 Å². The second kappa shape index (κ2) is 14.9. The highest BCUT2D eigenvalue weighted by Crippen LogP contribution is 2.35. The lowest BCUT2D eigenvalue weighted by molar-refractivity contribution is -0.146. The monoisotopic (exact) mass is 685 g/mol. The van der Waals surface area contributed by atoms with Crippen molar-refractivity contribution in [2.24, 2.45) is 10.8 Å². The van der Waals surface area contributed by atoms with Crippen LogP contribution in [0.4, 0.5) is 11.6 Å². The number of carboxylic acid groups (broad SMARTS) is 1. The molecule has 0 amide bonds. The number of benzene rings is 2. The van der Waals surface area contributed by atoms with Crippen molar-refractivity contribution in [2.45, 2.75) is 78.2 Å². The van der Waals surface area contributed by atoms with E-state index in [1.807, 2.05) is 47.4 Å². The van der Waals surface area contributed by atoms with Gasteiger partial charge in [0.15, 0.2) is 10.8 Å². The molecule has 5 rings (SSSR count). The minimum Gasteiger partial charge on any atom is -0.494 e. The molecule has 0 spiro atoms. The van der Waals surface area contributed by atoms with Gasteiger partial charge in [-0.25, -0.2) is 9.97 Å². The summed E-state index contributed by atoms with van der Waals surface area (Å²) in [4.78, 5) is 28.1. The highest BCUT2D eigenvalue weighted by Gasteiger charge is 2.31. The van der Waals surface area contributed by atoms with Crippen LogP contribution < -0.4 is 14.4 Å². The Morgan fingerprint density at radius 2 is 1.67 bits per heavy atom. The summed E-state index contributed by atoms with van der Waals surface area (Å²) in [7, 11) is -4.19. The largest absolute Gasteiger partial charge is 0.494 e. The number of rotatable bonds is 7. The van der Waals surface area contributed by atoms with Gasteiger partial charge in [-0.15, -0.1) is 0 Å².